The minimum atomic E-state index is 0.414. The number of hydrogen-bond acceptors (Lipinski definition) is 2. The van der Waals surface area contributed by atoms with E-state index in [1.165, 1.54) is 11.1 Å². The van der Waals surface area contributed by atoms with E-state index in [9.17, 15) is 0 Å². The van der Waals surface area contributed by atoms with Crippen LogP contribution in [0.15, 0.2) is 23.1 Å². The Bertz CT molecular complexity index is 602. The molecule has 0 radical (unpaired) electrons. The Morgan fingerprint density at radius 2 is 2.00 bits per heavy atom. The minimum Gasteiger partial charge on any atom is -0.496 e. The first-order valence-corrected chi connectivity index (χ1v) is 7.10. The highest BCUT2D eigenvalue weighted by molar-refractivity contribution is 9.10. The average Bonchev–Trinajstić information content (AvgIpc) is 2.69. The smallest absolute Gasteiger partial charge is 0.122 e. The number of nitrogens with zero attached hydrogens (tertiary/aromatic N) is 2. The monoisotopic (exact) mass is 322 g/mol. The third kappa shape index (κ3) is 2.54. The second-order valence-corrected chi connectivity index (χ2v) is 5.81. The summed E-state index contributed by atoms with van der Waals surface area (Å²) in [4.78, 5) is 4.48. The number of halogens is 1. The van der Waals surface area contributed by atoms with E-state index >= 15 is 0 Å². The zero-order valence-corrected chi connectivity index (χ0v) is 13.6. The van der Waals surface area contributed by atoms with E-state index in [-0.39, 0.29) is 0 Å². The molecule has 1 aromatic heterocycles. The summed E-state index contributed by atoms with van der Waals surface area (Å²) in [5.74, 6) is 1.36. The number of hydrogen-bond donors (Lipinski definition) is 0. The van der Waals surface area contributed by atoms with E-state index in [1.54, 1.807) is 7.11 Å². The van der Waals surface area contributed by atoms with Crippen molar-refractivity contribution in [2.24, 2.45) is 7.05 Å². The number of aryl methyl sites for hydroxylation is 2. The molecule has 0 unspecified atom stereocenters. The zero-order chi connectivity index (χ0) is 14.2. The fraction of sp³-hybridized carbons (Fsp3) is 0.400. The Morgan fingerprint density at radius 3 is 2.47 bits per heavy atom. The molecule has 0 aliphatic carbocycles. The molecular formula is C15H19BrN2O. The van der Waals surface area contributed by atoms with Gasteiger partial charge in [0.1, 0.15) is 16.0 Å². The molecule has 0 aliphatic heterocycles. The van der Waals surface area contributed by atoms with Crippen molar-refractivity contribution in [3.05, 3.63) is 34.2 Å². The van der Waals surface area contributed by atoms with Crippen molar-refractivity contribution in [2.75, 3.05) is 7.11 Å². The fourth-order valence-electron chi connectivity index (χ4n) is 2.18. The number of imidazole rings is 1. The molecule has 0 bridgehead atoms. The molecule has 19 heavy (non-hydrogen) atoms. The second kappa shape index (κ2) is 5.37. The van der Waals surface area contributed by atoms with Gasteiger partial charge in [-0.1, -0.05) is 13.8 Å². The van der Waals surface area contributed by atoms with Crippen LogP contribution in [0.1, 0.15) is 30.9 Å². The van der Waals surface area contributed by atoms with Crippen molar-refractivity contribution >= 4 is 15.9 Å². The van der Waals surface area contributed by atoms with Crippen LogP contribution in [0.2, 0.25) is 0 Å². The van der Waals surface area contributed by atoms with Gasteiger partial charge < -0.3 is 9.30 Å². The maximum Gasteiger partial charge on any atom is 0.122 e. The van der Waals surface area contributed by atoms with Crippen molar-refractivity contribution in [2.45, 2.75) is 26.7 Å². The highest BCUT2D eigenvalue weighted by Crippen LogP contribution is 2.36. The zero-order valence-electron chi connectivity index (χ0n) is 12.0. The molecule has 4 heteroatoms. The Balaban J connectivity index is 2.64. The molecule has 0 amide bonds. The molecule has 2 aromatic rings. The van der Waals surface area contributed by atoms with Crippen molar-refractivity contribution in [3.63, 3.8) is 0 Å². The van der Waals surface area contributed by atoms with Crippen molar-refractivity contribution in [1.82, 2.24) is 9.55 Å². The van der Waals surface area contributed by atoms with Crippen LogP contribution in [0.5, 0.6) is 5.75 Å². The van der Waals surface area contributed by atoms with Crippen LogP contribution in [-0.2, 0) is 7.05 Å². The molecule has 1 heterocycles. The van der Waals surface area contributed by atoms with E-state index in [1.807, 2.05) is 17.9 Å². The molecule has 0 spiro atoms. The van der Waals surface area contributed by atoms with E-state index < -0.39 is 0 Å². The molecule has 0 fully saturated rings. The van der Waals surface area contributed by atoms with Crippen LogP contribution in [0.25, 0.3) is 11.3 Å². The van der Waals surface area contributed by atoms with Crippen LogP contribution in [-0.4, -0.2) is 16.7 Å². The lowest BCUT2D eigenvalue weighted by Gasteiger charge is -2.15. The second-order valence-electron chi connectivity index (χ2n) is 5.06. The maximum absolute atomic E-state index is 5.48. The van der Waals surface area contributed by atoms with Crippen molar-refractivity contribution in [3.8, 4) is 17.0 Å². The highest BCUT2D eigenvalue weighted by atomic mass is 79.9. The number of benzene rings is 1. The number of aromatic nitrogens is 2. The normalized spacial score (nSPS) is 11.1. The highest BCUT2D eigenvalue weighted by Gasteiger charge is 2.16. The predicted molar refractivity (Wildman–Crippen MR) is 81.7 cm³/mol. The van der Waals surface area contributed by atoms with Gasteiger partial charge in [-0.25, -0.2) is 4.98 Å². The van der Waals surface area contributed by atoms with Crippen LogP contribution >= 0.6 is 15.9 Å². The van der Waals surface area contributed by atoms with Gasteiger partial charge in [-0.3, -0.25) is 0 Å². The summed E-state index contributed by atoms with van der Waals surface area (Å²) in [5.41, 5.74) is 4.50. The van der Waals surface area contributed by atoms with Gasteiger partial charge in [0.15, 0.2) is 0 Å². The number of rotatable bonds is 3. The quantitative estimate of drug-likeness (QED) is 0.842. The van der Waals surface area contributed by atoms with Gasteiger partial charge in [0.25, 0.3) is 0 Å². The van der Waals surface area contributed by atoms with Gasteiger partial charge >= 0.3 is 0 Å². The van der Waals surface area contributed by atoms with Crippen LogP contribution < -0.4 is 4.74 Å². The van der Waals surface area contributed by atoms with Crippen molar-refractivity contribution in [1.29, 1.82) is 0 Å². The van der Waals surface area contributed by atoms with Crippen LogP contribution in [0.4, 0.5) is 0 Å². The molecule has 2 rings (SSSR count). The summed E-state index contributed by atoms with van der Waals surface area (Å²) < 4.78 is 8.44. The molecule has 0 N–H and O–H groups in total. The maximum atomic E-state index is 5.48. The van der Waals surface area contributed by atoms with Gasteiger partial charge in [-0.15, -0.1) is 0 Å². The molecular weight excluding hydrogens is 304 g/mol. The average molecular weight is 323 g/mol. The van der Waals surface area contributed by atoms with E-state index in [4.69, 9.17) is 4.74 Å². The van der Waals surface area contributed by atoms with E-state index in [2.05, 4.69) is 53.8 Å². The van der Waals surface area contributed by atoms with Gasteiger partial charge in [0.2, 0.25) is 0 Å². The first kappa shape index (κ1) is 14.1. The third-order valence-corrected chi connectivity index (χ3v) is 4.25. The third-order valence-electron chi connectivity index (χ3n) is 3.32. The van der Waals surface area contributed by atoms with Gasteiger partial charge in [-0.05, 0) is 52.0 Å². The number of methoxy groups -OCH3 is 1. The predicted octanol–water partition coefficient (Wildman–Crippen LogP) is 4.29. The SMILES string of the molecule is COc1cc(C)c(-c2ncn(C)c2Br)cc1C(C)C. The Labute approximate surface area is 122 Å². The lowest BCUT2D eigenvalue weighted by atomic mass is 9.95. The summed E-state index contributed by atoms with van der Waals surface area (Å²) in [6.07, 6.45) is 1.82. The van der Waals surface area contributed by atoms with E-state index in [0.29, 0.717) is 5.92 Å². The first-order valence-electron chi connectivity index (χ1n) is 6.31. The standard InChI is InChI=1S/C15H19BrN2O/c1-9(2)11-7-12(10(3)6-13(11)19-5)14-15(16)18(4)8-17-14/h6-9H,1-5H3. The molecule has 0 aliphatic rings. The molecule has 0 atom stereocenters. The summed E-state index contributed by atoms with van der Waals surface area (Å²) in [6.45, 7) is 6.43. The minimum absolute atomic E-state index is 0.414. The number of ether oxygens (including phenoxy) is 1. The Kier molecular flexibility index (Phi) is 3.99. The first-order chi connectivity index (χ1) is 8.95. The largest absolute Gasteiger partial charge is 0.496 e. The molecule has 0 saturated carbocycles. The summed E-state index contributed by atoms with van der Waals surface area (Å²) in [5, 5.41) is 0. The lowest BCUT2D eigenvalue weighted by molar-refractivity contribution is 0.407. The van der Waals surface area contributed by atoms with E-state index in [0.717, 1.165) is 21.6 Å². The fourth-order valence-corrected chi connectivity index (χ4v) is 2.58. The Morgan fingerprint density at radius 1 is 1.32 bits per heavy atom. The topological polar surface area (TPSA) is 27.1 Å². The molecule has 1 aromatic carbocycles. The molecule has 3 nitrogen and oxygen atoms in total. The van der Waals surface area contributed by atoms with Crippen LogP contribution in [0.3, 0.4) is 0 Å². The van der Waals surface area contributed by atoms with Gasteiger partial charge in [-0.2, -0.15) is 0 Å². The molecule has 102 valence electrons. The summed E-state index contributed by atoms with van der Waals surface area (Å²) in [6, 6.07) is 4.28. The summed E-state index contributed by atoms with van der Waals surface area (Å²) >= 11 is 3.59. The summed E-state index contributed by atoms with van der Waals surface area (Å²) in [7, 11) is 3.69. The van der Waals surface area contributed by atoms with Crippen LogP contribution in [0, 0.1) is 6.92 Å². The van der Waals surface area contributed by atoms with Gasteiger partial charge in [0.05, 0.1) is 13.4 Å². The lowest BCUT2D eigenvalue weighted by Crippen LogP contribution is -1.97. The van der Waals surface area contributed by atoms with Crippen molar-refractivity contribution < 1.29 is 4.74 Å². The molecule has 0 saturated heterocycles. The van der Waals surface area contributed by atoms with Gasteiger partial charge in [0, 0.05) is 12.6 Å². The Hall–Kier alpha value is -1.29.